The van der Waals surface area contributed by atoms with Crippen LogP contribution in [-0.2, 0) is 0 Å². The monoisotopic (exact) mass is 271 g/mol. The van der Waals surface area contributed by atoms with Gasteiger partial charge in [0.1, 0.15) is 0 Å². The standard InChI is InChI=1S/C15H17N3O2/c19-12-6-3-9-18(10-12)15(20)17-13-7-1-4-11-5-2-8-16-14(11)13/h1-2,4-5,7-8,12,19H,3,6,9-10H2,(H,17,20)/t12-/m1/s1. The van der Waals surface area contributed by atoms with Gasteiger partial charge in [0.2, 0.25) is 0 Å². The highest BCUT2D eigenvalue weighted by atomic mass is 16.3. The number of carbonyl (C=O) groups is 1. The highest BCUT2D eigenvalue weighted by Crippen LogP contribution is 2.21. The fourth-order valence-electron chi connectivity index (χ4n) is 2.54. The summed E-state index contributed by atoms with van der Waals surface area (Å²) < 4.78 is 0. The van der Waals surface area contributed by atoms with Crippen LogP contribution in [0.4, 0.5) is 10.5 Å². The molecular weight excluding hydrogens is 254 g/mol. The number of aliphatic hydroxyl groups excluding tert-OH is 1. The maximum absolute atomic E-state index is 12.2. The molecule has 0 aliphatic carbocycles. The molecule has 1 saturated heterocycles. The second-order valence-electron chi connectivity index (χ2n) is 5.05. The molecule has 1 aliphatic heterocycles. The first-order valence-electron chi connectivity index (χ1n) is 6.82. The van der Waals surface area contributed by atoms with Crippen molar-refractivity contribution in [2.75, 3.05) is 18.4 Å². The lowest BCUT2D eigenvalue weighted by Gasteiger charge is -2.30. The van der Waals surface area contributed by atoms with Gasteiger partial charge in [0, 0.05) is 24.7 Å². The normalized spacial score (nSPS) is 19.1. The summed E-state index contributed by atoms with van der Waals surface area (Å²) in [4.78, 5) is 18.2. The van der Waals surface area contributed by atoms with Crippen molar-refractivity contribution >= 4 is 22.6 Å². The van der Waals surface area contributed by atoms with E-state index in [2.05, 4.69) is 10.3 Å². The molecule has 104 valence electrons. The maximum atomic E-state index is 12.2. The first-order chi connectivity index (χ1) is 9.74. The van der Waals surface area contributed by atoms with Gasteiger partial charge < -0.3 is 15.3 Å². The molecule has 20 heavy (non-hydrogen) atoms. The minimum absolute atomic E-state index is 0.179. The topological polar surface area (TPSA) is 65.5 Å². The van der Waals surface area contributed by atoms with Gasteiger partial charge in [0.15, 0.2) is 0 Å². The average Bonchev–Trinajstić information content (AvgIpc) is 2.47. The van der Waals surface area contributed by atoms with E-state index in [0.29, 0.717) is 18.8 Å². The minimum Gasteiger partial charge on any atom is -0.391 e. The first-order valence-corrected chi connectivity index (χ1v) is 6.82. The van der Waals surface area contributed by atoms with Crippen LogP contribution in [0.1, 0.15) is 12.8 Å². The number of aliphatic hydroxyl groups is 1. The van der Waals surface area contributed by atoms with Crippen molar-refractivity contribution in [2.24, 2.45) is 0 Å². The Morgan fingerprint density at radius 2 is 2.20 bits per heavy atom. The van der Waals surface area contributed by atoms with Crippen molar-refractivity contribution in [3.05, 3.63) is 36.5 Å². The van der Waals surface area contributed by atoms with Crippen LogP contribution in [-0.4, -0.2) is 40.2 Å². The number of nitrogens with one attached hydrogen (secondary N) is 1. The molecular formula is C15H17N3O2. The zero-order chi connectivity index (χ0) is 13.9. The second kappa shape index (κ2) is 5.46. The Kier molecular flexibility index (Phi) is 3.52. The van der Waals surface area contributed by atoms with E-state index >= 15 is 0 Å². The van der Waals surface area contributed by atoms with E-state index in [9.17, 15) is 9.90 Å². The van der Waals surface area contributed by atoms with Gasteiger partial charge in [0.05, 0.1) is 17.3 Å². The highest BCUT2D eigenvalue weighted by molar-refractivity contribution is 5.99. The van der Waals surface area contributed by atoms with Crippen LogP contribution in [0.3, 0.4) is 0 Å². The predicted octanol–water partition coefficient (Wildman–Crippen LogP) is 2.22. The third kappa shape index (κ3) is 2.58. The van der Waals surface area contributed by atoms with Gasteiger partial charge in [-0.3, -0.25) is 4.98 Å². The van der Waals surface area contributed by atoms with E-state index in [1.165, 1.54) is 0 Å². The molecule has 5 nitrogen and oxygen atoms in total. The summed E-state index contributed by atoms with van der Waals surface area (Å²) in [5, 5.41) is 13.5. The van der Waals surface area contributed by atoms with Crippen LogP contribution in [0.2, 0.25) is 0 Å². The maximum Gasteiger partial charge on any atom is 0.321 e. The molecule has 0 unspecified atom stereocenters. The van der Waals surface area contributed by atoms with Crippen molar-refractivity contribution in [3.8, 4) is 0 Å². The number of urea groups is 1. The van der Waals surface area contributed by atoms with Gasteiger partial charge in [0.25, 0.3) is 0 Å². The number of piperidine rings is 1. The summed E-state index contributed by atoms with van der Waals surface area (Å²) in [7, 11) is 0. The lowest BCUT2D eigenvalue weighted by atomic mass is 10.1. The molecule has 2 aromatic rings. The highest BCUT2D eigenvalue weighted by Gasteiger charge is 2.22. The third-order valence-corrected chi connectivity index (χ3v) is 3.56. The molecule has 2 amide bonds. The van der Waals surface area contributed by atoms with Crippen LogP contribution in [0.25, 0.3) is 10.9 Å². The van der Waals surface area contributed by atoms with Gasteiger partial charge in [-0.1, -0.05) is 18.2 Å². The smallest absolute Gasteiger partial charge is 0.321 e. The molecule has 1 atom stereocenters. The van der Waals surface area contributed by atoms with Crippen molar-refractivity contribution in [3.63, 3.8) is 0 Å². The number of pyridine rings is 1. The number of carbonyl (C=O) groups excluding carboxylic acids is 1. The zero-order valence-electron chi connectivity index (χ0n) is 11.1. The van der Waals surface area contributed by atoms with Crippen LogP contribution in [0.5, 0.6) is 0 Å². The molecule has 1 aliphatic rings. The molecule has 0 bridgehead atoms. The van der Waals surface area contributed by atoms with E-state index in [1.807, 2.05) is 30.3 Å². The van der Waals surface area contributed by atoms with Crippen LogP contribution >= 0.6 is 0 Å². The SMILES string of the molecule is O=C(Nc1cccc2cccnc12)N1CCC[C@@H](O)C1. The number of rotatable bonds is 1. The Morgan fingerprint density at radius 1 is 1.35 bits per heavy atom. The lowest BCUT2D eigenvalue weighted by Crippen LogP contribution is -2.44. The number of fused-ring (bicyclic) bond motifs is 1. The van der Waals surface area contributed by atoms with Crippen LogP contribution in [0.15, 0.2) is 36.5 Å². The van der Waals surface area contributed by atoms with E-state index < -0.39 is 6.10 Å². The summed E-state index contributed by atoms with van der Waals surface area (Å²) in [6.07, 6.45) is 2.89. The first kappa shape index (κ1) is 12.9. The molecule has 0 spiro atoms. The number of para-hydroxylation sites is 1. The number of benzene rings is 1. The zero-order valence-corrected chi connectivity index (χ0v) is 11.1. The van der Waals surface area contributed by atoms with Gasteiger partial charge in [-0.2, -0.15) is 0 Å². The summed E-state index contributed by atoms with van der Waals surface area (Å²) in [6, 6.07) is 9.35. The average molecular weight is 271 g/mol. The summed E-state index contributed by atoms with van der Waals surface area (Å²) in [6.45, 7) is 1.07. The van der Waals surface area contributed by atoms with Gasteiger partial charge in [-0.25, -0.2) is 4.79 Å². The van der Waals surface area contributed by atoms with Crippen molar-refractivity contribution in [1.29, 1.82) is 0 Å². The number of aromatic nitrogens is 1. The largest absolute Gasteiger partial charge is 0.391 e. The molecule has 2 N–H and O–H groups in total. The van der Waals surface area contributed by atoms with Gasteiger partial charge in [-0.15, -0.1) is 0 Å². The van der Waals surface area contributed by atoms with Crippen LogP contribution < -0.4 is 5.32 Å². The molecule has 0 saturated carbocycles. The number of likely N-dealkylation sites (tertiary alicyclic amines) is 1. The van der Waals surface area contributed by atoms with Crippen molar-refractivity contribution in [1.82, 2.24) is 9.88 Å². The Balaban J connectivity index is 1.80. The Labute approximate surface area is 117 Å². The van der Waals surface area contributed by atoms with E-state index in [1.54, 1.807) is 11.1 Å². The lowest BCUT2D eigenvalue weighted by molar-refractivity contribution is 0.0883. The third-order valence-electron chi connectivity index (χ3n) is 3.56. The Morgan fingerprint density at radius 3 is 3.05 bits per heavy atom. The van der Waals surface area contributed by atoms with Gasteiger partial charge in [-0.05, 0) is 25.0 Å². The number of amides is 2. The van der Waals surface area contributed by atoms with E-state index in [4.69, 9.17) is 0 Å². The quantitative estimate of drug-likeness (QED) is 0.836. The number of nitrogens with zero attached hydrogens (tertiary/aromatic N) is 2. The fourth-order valence-corrected chi connectivity index (χ4v) is 2.54. The molecule has 0 radical (unpaired) electrons. The molecule has 2 heterocycles. The number of hydrogen-bond acceptors (Lipinski definition) is 3. The molecule has 1 aromatic heterocycles. The number of anilines is 1. The fraction of sp³-hybridized carbons (Fsp3) is 0.333. The predicted molar refractivity (Wildman–Crippen MR) is 77.6 cm³/mol. The Bertz CT molecular complexity index is 624. The minimum atomic E-state index is -0.417. The number of hydrogen-bond donors (Lipinski definition) is 2. The molecule has 5 heteroatoms. The molecule has 1 fully saturated rings. The summed E-state index contributed by atoms with van der Waals surface area (Å²) in [5.41, 5.74) is 1.48. The summed E-state index contributed by atoms with van der Waals surface area (Å²) in [5.74, 6) is 0. The van der Waals surface area contributed by atoms with E-state index in [0.717, 1.165) is 23.7 Å². The molecule has 1 aromatic carbocycles. The van der Waals surface area contributed by atoms with Crippen molar-refractivity contribution < 1.29 is 9.90 Å². The van der Waals surface area contributed by atoms with Gasteiger partial charge >= 0.3 is 6.03 Å². The Hall–Kier alpha value is -2.14. The second-order valence-corrected chi connectivity index (χ2v) is 5.05. The van der Waals surface area contributed by atoms with Crippen LogP contribution in [0, 0.1) is 0 Å². The van der Waals surface area contributed by atoms with Crippen molar-refractivity contribution in [2.45, 2.75) is 18.9 Å². The summed E-state index contributed by atoms with van der Waals surface area (Å²) >= 11 is 0. The van der Waals surface area contributed by atoms with E-state index in [-0.39, 0.29) is 6.03 Å². The molecule has 3 rings (SSSR count). The number of β-amino-alcohol motifs (C(OH)–C–C–N with tert-alkyl or cyclic N) is 1.